The Morgan fingerprint density at radius 1 is 1.10 bits per heavy atom. The zero-order chi connectivity index (χ0) is 22.2. The molecule has 2 heterocycles. The summed E-state index contributed by atoms with van der Waals surface area (Å²) in [5, 5.41) is 14.9. The summed E-state index contributed by atoms with van der Waals surface area (Å²) in [6.07, 6.45) is 1.57. The molecule has 8 heteroatoms. The van der Waals surface area contributed by atoms with Crippen molar-refractivity contribution in [2.24, 2.45) is 0 Å². The quantitative estimate of drug-likeness (QED) is 0.287. The molecule has 4 rings (SSSR count). The van der Waals surface area contributed by atoms with Gasteiger partial charge in [-0.25, -0.2) is 18.4 Å². The van der Waals surface area contributed by atoms with E-state index in [1.807, 2.05) is 0 Å². The smallest absolute Gasteiger partial charge is 0.140 e. The highest BCUT2D eigenvalue weighted by atomic mass is 28.3. The Kier molecular flexibility index (Phi) is 5.56. The van der Waals surface area contributed by atoms with Crippen LogP contribution in [0.3, 0.4) is 0 Å². The molecule has 0 amide bonds. The maximum absolute atomic E-state index is 14.6. The molecular formula is C23H22F2N4OSi. The van der Waals surface area contributed by atoms with Gasteiger partial charge in [0, 0.05) is 25.5 Å². The van der Waals surface area contributed by atoms with E-state index in [9.17, 15) is 14.0 Å². The van der Waals surface area contributed by atoms with Gasteiger partial charge in [0.15, 0.2) is 0 Å². The third kappa shape index (κ3) is 4.20. The normalized spacial score (nSPS) is 11.9. The minimum Gasteiger partial charge on any atom is -0.360 e. The maximum Gasteiger partial charge on any atom is 0.140 e. The minimum absolute atomic E-state index is 0.148. The molecule has 2 aromatic heterocycles. The van der Waals surface area contributed by atoms with Crippen LogP contribution in [-0.2, 0) is 11.5 Å². The third-order valence-electron chi connectivity index (χ3n) is 5.12. The predicted molar refractivity (Wildman–Crippen MR) is 119 cm³/mol. The van der Waals surface area contributed by atoms with Crippen LogP contribution in [-0.4, -0.2) is 29.4 Å². The standard InChI is InChI=1S/C23H22F2N4OSi/c1-31(2,3)10-9-30-14-29-23-16-8-7-15(12-26)11-17(16)22(28-20(23)13-27-29)21-18(24)5-4-6-19(21)25/h4-8,11,13H,9-10,14H2,1-3H3. The van der Waals surface area contributed by atoms with Gasteiger partial charge in [0.05, 0.1) is 34.6 Å². The van der Waals surface area contributed by atoms with Gasteiger partial charge in [0.1, 0.15) is 23.9 Å². The maximum atomic E-state index is 14.6. The lowest BCUT2D eigenvalue weighted by Crippen LogP contribution is -2.22. The van der Waals surface area contributed by atoms with Gasteiger partial charge in [0.2, 0.25) is 0 Å². The first kappa shape index (κ1) is 21.1. The fraction of sp³-hybridized carbons (Fsp3) is 0.261. The summed E-state index contributed by atoms with van der Waals surface area (Å²) >= 11 is 0. The first-order valence-corrected chi connectivity index (χ1v) is 13.7. The summed E-state index contributed by atoms with van der Waals surface area (Å²) in [4.78, 5) is 4.54. The number of hydrogen-bond acceptors (Lipinski definition) is 4. The number of fused-ring (bicyclic) bond motifs is 3. The average molecular weight is 437 g/mol. The second-order valence-electron chi connectivity index (χ2n) is 8.66. The summed E-state index contributed by atoms with van der Waals surface area (Å²) in [6, 6.07) is 11.9. The van der Waals surface area contributed by atoms with E-state index in [1.54, 1.807) is 29.1 Å². The summed E-state index contributed by atoms with van der Waals surface area (Å²) in [5.41, 5.74) is 1.51. The average Bonchev–Trinajstić information content (AvgIpc) is 3.13. The lowest BCUT2D eigenvalue weighted by molar-refractivity contribution is 0.0818. The van der Waals surface area contributed by atoms with Crippen molar-refractivity contribution in [2.75, 3.05) is 6.61 Å². The Bertz CT molecular complexity index is 1300. The molecule has 5 nitrogen and oxygen atoms in total. The number of halogens is 2. The van der Waals surface area contributed by atoms with Gasteiger partial charge in [-0.2, -0.15) is 10.4 Å². The summed E-state index contributed by atoms with van der Waals surface area (Å²) in [5.74, 6) is -1.42. The number of pyridine rings is 1. The SMILES string of the molecule is C[Si](C)(C)CCOCn1ncc2nc(-c3c(F)cccc3F)c3cc(C#N)ccc3c21. The molecule has 0 radical (unpaired) electrons. The van der Waals surface area contributed by atoms with E-state index in [1.165, 1.54) is 18.2 Å². The first-order chi connectivity index (χ1) is 14.8. The molecule has 0 aliphatic rings. The molecule has 0 unspecified atom stereocenters. The van der Waals surface area contributed by atoms with Crippen LogP contribution < -0.4 is 0 Å². The van der Waals surface area contributed by atoms with Crippen molar-refractivity contribution in [3.8, 4) is 17.3 Å². The van der Waals surface area contributed by atoms with Crippen LogP contribution in [0, 0.1) is 23.0 Å². The van der Waals surface area contributed by atoms with Gasteiger partial charge >= 0.3 is 0 Å². The van der Waals surface area contributed by atoms with E-state index < -0.39 is 19.7 Å². The van der Waals surface area contributed by atoms with Crippen LogP contribution in [0.2, 0.25) is 25.7 Å². The molecule has 0 spiro atoms. The van der Waals surface area contributed by atoms with Gasteiger partial charge in [-0.3, -0.25) is 0 Å². The molecule has 4 aromatic rings. The van der Waals surface area contributed by atoms with E-state index in [0.29, 0.717) is 34.0 Å². The number of aromatic nitrogens is 3. The van der Waals surface area contributed by atoms with E-state index in [2.05, 4.69) is 35.8 Å². The number of rotatable bonds is 6. The highest BCUT2D eigenvalue weighted by molar-refractivity contribution is 6.76. The van der Waals surface area contributed by atoms with Crippen molar-refractivity contribution in [3.63, 3.8) is 0 Å². The predicted octanol–water partition coefficient (Wildman–Crippen LogP) is 5.71. The zero-order valence-electron chi connectivity index (χ0n) is 17.6. The van der Waals surface area contributed by atoms with Crippen molar-refractivity contribution in [1.82, 2.24) is 14.8 Å². The minimum atomic E-state index is -1.21. The largest absolute Gasteiger partial charge is 0.360 e. The van der Waals surface area contributed by atoms with E-state index in [-0.39, 0.29) is 18.0 Å². The topological polar surface area (TPSA) is 63.7 Å². The third-order valence-corrected chi connectivity index (χ3v) is 6.82. The highest BCUT2D eigenvalue weighted by Gasteiger charge is 2.20. The lowest BCUT2D eigenvalue weighted by Gasteiger charge is -2.16. The molecule has 0 fully saturated rings. The highest BCUT2D eigenvalue weighted by Crippen LogP contribution is 2.35. The van der Waals surface area contributed by atoms with Crippen LogP contribution in [0.5, 0.6) is 0 Å². The fourth-order valence-corrected chi connectivity index (χ4v) is 4.23. The monoisotopic (exact) mass is 436 g/mol. The van der Waals surface area contributed by atoms with E-state index >= 15 is 0 Å². The van der Waals surface area contributed by atoms with Crippen molar-refractivity contribution in [1.29, 1.82) is 5.26 Å². The Balaban J connectivity index is 1.86. The van der Waals surface area contributed by atoms with Crippen molar-refractivity contribution in [3.05, 3.63) is 59.8 Å². The van der Waals surface area contributed by atoms with Crippen LogP contribution in [0.4, 0.5) is 8.78 Å². The molecule has 31 heavy (non-hydrogen) atoms. The molecule has 0 saturated carbocycles. The van der Waals surface area contributed by atoms with Crippen LogP contribution in [0.25, 0.3) is 33.1 Å². The Morgan fingerprint density at radius 3 is 2.52 bits per heavy atom. The second kappa shape index (κ2) is 8.17. The molecule has 0 N–H and O–H groups in total. The molecule has 0 aliphatic heterocycles. The van der Waals surface area contributed by atoms with Crippen LogP contribution in [0.15, 0.2) is 42.6 Å². The number of nitriles is 1. The fourth-order valence-electron chi connectivity index (χ4n) is 3.47. The number of hydrogen-bond donors (Lipinski definition) is 0. The van der Waals surface area contributed by atoms with E-state index in [0.717, 1.165) is 6.04 Å². The van der Waals surface area contributed by atoms with Gasteiger partial charge in [0.25, 0.3) is 0 Å². The summed E-state index contributed by atoms with van der Waals surface area (Å²) in [6.45, 7) is 7.74. The summed E-state index contributed by atoms with van der Waals surface area (Å²) in [7, 11) is -1.21. The molecule has 0 aliphatic carbocycles. The van der Waals surface area contributed by atoms with Crippen molar-refractivity contribution >= 4 is 29.9 Å². The van der Waals surface area contributed by atoms with Gasteiger partial charge in [-0.1, -0.05) is 31.8 Å². The van der Waals surface area contributed by atoms with Crippen molar-refractivity contribution < 1.29 is 13.5 Å². The Hall–Kier alpha value is -3.15. The number of ether oxygens (including phenoxy) is 1. The molecule has 0 atom stereocenters. The van der Waals surface area contributed by atoms with E-state index in [4.69, 9.17) is 4.74 Å². The van der Waals surface area contributed by atoms with Crippen molar-refractivity contribution in [2.45, 2.75) is 32.4 Å². The molecule has 158 valence electrons. The number of nitrogens with zero attached hydrogens (tertiary/aromatic N) is 4. The lowest BCUT2D eigenvalue weighted by atomic mass is 10.00. The Morgan fingerprint density at radius 2 is 1.84 bits per heavy atom. The number of benzene rings is 2. The van der Waals surface area contributed by atoms with Gasteiger partial charge in [-0.05, 0) is 30.3 Å². The molecule has 0 saturated heterocycles. The molecule has 2 aromatic carbocycles. The van der Waals surface area contributed by atoms with Gasteiger partial charge < -0.3 is 4.74 Å². The van der Waals surface area contributed by atoms with Gasteiger partial charge in [-0.15, -0.1) is 0 Å². The molecular weight excluding hydrogens is 414 g/mol. The first-order valence-electron chi connectivity index (χ1n) is 10.00. The Labute approximate surface area is 179 Å². The van der Waals surface area contributed by atoms with Crippen LogP contribution >= 0.6 is 0 Å². The summed E-state index contributed by atoms with van der Waals surface area (Å²) < 4.78 is 36.7. The zero-order valence-corrected chi connectivity index (χ0v) is 18.6. The van der Waals surface area contributed by atoms with Crippen LogP contribution in [0.1, 0.15) is 5.56 Å². The second-order valence-corrected chi connectivity index (χ2v) is 14.3. The molecule has 0 bridgehead atoms.